The molecule has 1 N–H and O–H groups in total. The van der Waals surface area contributed by atoms with Gasteiger partial charge in [-0.25, -0.2) is 15.0 Å². The third-order valence-corrected chi connectivity index (χ3v) is 2.00. The average molecular weight is 231 g/mol. The van der Waals surface area contributed by atoms with E-state index in [4.69, 9.17) is 0 Å². The predicted molar refractivity (Wildman–Crippen MR) is 67.7 cm³/mol. The maximum atomic E-state index is 9.65. The largest absolute Gasteiger partial charge is 0.507 e. The number of benzene rings is 1. The number of para-hydroxylation sites is 1. The molecule has 0 aliphatic carbocycles. The SMILES string of the molecule is CC.Cc1nc(C)nc(-c2ccccc2O)n1. The first-order valence-corrected chi connectivity index (χ1v) is 5.64. The number of hydrogen-bond donors (Lipinski definition) is 1. The molecule has 2 aromatic rings. The fourth-order valence-electron chi connectivity index (χ4n) is 1.40. The van der Waals surface area contributed by atoms with E-state index in [1.807, 2.05) is 19.9 Å². The predicted octanol–water partition coefficient (Wildman–Crippen LogP) is 2.89. The Hall–Kier alpha value is -1.97. The van der Waals surface area contributed by atoms with Crippen LogP contribution in [0.1, 0.15) is 25.5 Å². The Bertz CT molecular complexity index is 478. The summed E-state index contributed by atoms with van der Waals surface area (Å²) >= 11 is 0. The maximum Gasteiger partial charge on any atom is 0.167 e. The van der Waals surface area contributed by atoms with Crippen molar-refractivity contribution in [2.75, 3.05) is 0 Å². The van der Waals surface area contributed by atoms with Gasteiger partial charge in [-0.15, -0.1) is 0 Å². The molecule has 4 heteroatoms. The summed E-state index contributed by atoms with van der Waals surface area (Å²) in [4.78, 5) is 12.5. The van der Waals surface area contributed by atoms with Gasteiger partial charge in [-0.2, -0.15) is 0 Å². The number of rotatable bonds is 1. The van der Waals surface area contributed by atoms with Crippen LogP contribution in [0.5, 0.6) is 5.75 Å². The monoisotopic (exact) mass is 231 g/mol. The molecule has 0 radical (unpaired) electrons. The molecule has 1 aromatic carbocycles. The van der Waals surface area contributed by atoms with Crippen LogP contribution in [-0.2, 0) is 0 Å². The highest BCUT2D eigenvalue weighted by Gasteiger charge is 2.07. The molecule has 0 aliphatic rings. The topological polar surface area (TPSA) is 58.9 Å². The van der Waals surface area contributed by atoms with E-state index in [0.717, 1.165) is 0 Å². The van der Waals surface area contributed by atoms with Crippen LogP contribution >= 0.6 is 0 Å². The summed E-state index contributed by atoms with van der Waals surface area (Å²) in [7, 11) is 0. The smallest absolute Gasteiger partial charge is 0.167 e. The van der Waals surface area contributed by atoms with Gasteiger partial charge in [-0.3, -0.25) is 0 Å². The van der Waals surface area contributed by atoms with E-state index >= 15 is 0 Å². The van der Waals surface area contributed by atoms with Gasteiger partial charge in [0.15, 0.2) is 5.82 Å². The van der Waals surface area contributed by atoms with Crippen LogP contribution in [0.4, 0.5) is 0 Å². The summed E-state index contributed by atoms with van der Waals surface area (Å²) in [5.41, 5.74) is 0.631. The number of nitrogens with zero attached hydrogens (tertiary/aromatic N) is 3. The van der Waals surface area contributed by atoms with Crippen molar-refractivity contribution < 1.29 is 5.11 Å². The van der Waals surface area contributed by atoms with Crippen LogP contribution < -0.4 is 0 Å². The van der Waals surface area contributed by atoms with E-state index < -0.39 is 0 Å². The fourth-order valence-corrected chi connectivity index (χ4v) is 1.40. The molecule has 0 atom stereocenters. The lowest BCUT2D eigenvalue weighted by Gasteiger charge is -2.04. The van der Waals surface area contributed by atoms with Crippen LogP contribution in [-0.4, -0.2) is 20.1 Å². The lowest BCUT2D eigenvalue weighted by atomic mass is 10.2. The Kier molecular flexibility index (Phi) is 4.57. The van der Waals surface area contributed by atoms with Crippen molar-refractivity contribution in [1.82, 2.24) is 15.0 Å². The molecule has 17 heavy (non-hydrogen) atoms. The quantitative estimate of drug-likeness (QED) is 0.819. The third-order valence-electron chi connectivity index (χ3n) is 2.00. The van der Waals surface area contributed by atoms with E-state index in [-0.39, 0.29) is 5.75 Å². The Morgan fingerprint density at radius 2 is 1.41 bits per heavy atom. The van der Waals surface area contributed by atoms with Gasteiger partial charge in [0.2, 0.25) is 0 Å². The van der Waals surface area contributed by atoms with Gasteiger partial charge in [0.25, 0.3) is 0 Å². The molecule has 0 bridgehead atoms. The van der Waals surface area contributed by atoms with Crippen LogP contribution in [0.25, 0.3) is 11.4 Å². The Morgan fingerprint density at radius 3 is 1.94 bits per heavy atom. The maximum absolute atomic E-state index is 9.65. The standard InChI is InChI=1S/C11H11N3O.C2H6/c1-7-12-8(2)14-11(13-7)9-5-3-4-6-10(9)15;1-2/h3-6,15H,1-2H3;1-2H3. The molecule has 0 fully saturated rings. The molecule has 0 saturated carbocycles. The summed E-state index contributed by atoms with van der Waals surface area (Å²) in [6.07, 6.45) is 0. The average Bonchev–Trinajstić information content (AvgIpc) is 2.31. The second-order valence-corrected chi connectivity index (χ2v) is 3.27. The van der Waals surface area contributed by atoms with Crippen LogP contribution in [0, 0.1) is 13.8 Å². The van der Waals surface area contributed by atoms with Crippen molar-refractivity contribution in [3.63, 3.8) is 0 Å². The third kappa shape index (κ3) is 3.24. The molecule has 0 amide bonds. The minimum atomic E-state index is 0.183. The lowest BCUT2D eigenvalue weighted by Crippen LogP contribution is -1.98. The first kappa shape index (κ1) is 13.1. The minimum Gasteiger partial charge on any atom is -0.507 e. The minimum absolute atomic E-state index is 0.183. The molecule has 2 rings (SSSR count). The molecule has 90 valence electrons. The first-order valence-electron chi connectivity index (χ1n) is 5.64. The number of hydrogen-bond acceptors (Lipinski definition) is 4. The van der Waals surface area contributed by atoms with Gasteiger partial charge in [0.05, 0.1) is 5.56 Å². The zero-order chi connectivity index (χ0) is 12.8. The Balaban J connectivity index is 0.000000686. The zero-order valence-electron chi connectivity index (χ0n) is 10.6. The molecule has 4 nitrogen and oxygen atoms in total. The number of aryl methyl sites for hydroxylation is 2. The van der Waals surface area contributed by atoms with E-state index in [1.54, 1.807) is 32.0 Å². The molecular weight excluding hydrogens is 214 g/mol. The summed E-state index contributed by atoms with van der Waals surface area (Å²) in [6.45, 7) is 7.61. The normalized spacial score (nSPS) is 9.41. The van der Waals surface area contributed by atoms with E-state index in [2.05, 4.69) is 15.0 Å². The number of aromatic hydroxyl groups is 1. The van der Waals surface area contributed by atoms with Crippen LogP contribution in [0.15, 0.2) is 24.3 Å². The highest BCUT2D eigenvalue weighted by Crippen LogP contribution is 2.25. The molecule has 1 aromatic heterocycles. The van der Waals surface area contributed by atoms with E-state index in [1.165, 1.54) is 0 Å². The number of phenols is 1. The second kappa shape index (κ2) is 5.94. The van der Waals surface area contributed by atoms with Gasteiger partial charge in [-0.1, -0.05) is 26.0 Å². The van der Waals surface area contributed by atoms with Gasteiger partial charge < -0.3 is 5.11 Å². The molecule has 0 saturated heterocycles. The molecule has 0 unspecified atom stereocenters. The molecular formula is C13H17N3O. The lowest BCUT2D eigenvalue weighted by molar-refractivity contribution is 0.477. The van der Waals surface area contributed by atoms with Gasteiger partial charge in [0.1, 0.15) is 17.4 Å². The van der Waals surface area contributed by atoms with Crippen molar-refractivity contribution in [2.24, 2.45) is 0 Å². The highest BCUT2D eigenvalue weighted by molar-refractivity contribution is 5.63. The van der Waals surface area contributed by atoms with Crippen molar-refractivity contribution in [3.8, 4) is 17.1 Å². The molecule has 0 aliphatic heterocycles. The van der Waals surface area contributed by atoms with Crippen molar-refractivity contribution in [1.29, 1.82) is 0 Å². The van der Waals surface area contributed by atoms with Gasteiger partial charge >= 0.3 is 0 Å². The summed E-state index contributed by atoms with van der Waals surface area (Å²) in [5.74, 6) is 2.00. The molecule has 0 spiro atoms. The van der Waals surface area contributed by atoms with Crippen LogP contribution in [0.3, 0.4) is 0 Å². The summed E-state index contributed by atoms with van der Waals surface area (Å²) in [6, 6.07) is 7.00. The number of aromatic nitrogens is 3. The fraction of sp³-hybridized carbons (Fsp3) is 0.308. The van der Waals surface area contributed by atoms with Crippen LogP contribution in [0.2, 0.25) is 0 Å². The van der Waals surface area contributed by atoms with Crippen molar-refractivity contribution in [3.05, 3.63) is 35.9 Å². The Morgan fingerprint density at radius 1 is 0.882 bits per heavy atom. The van der Waals surface area contributed by atoms with Crippen molar-refractivity contribution in [2.45, 2.75) is 27.7 Å². The molecule has 1 heterocycles. The zero-order valence-corrected chi connectivity index (χ0v) is 10.6. The highest BCUT2D eigenvalue weighted by atomic mass is 16.3. The first-order chi connectivity index (χ1) is 8.16. The van der Waals surface area contributed by atoms with Crippen molar-refractivity contribution >= 4 is 0 Å². The Labute approximate surface area is 101 Å². The summed E-state index contributed by atoms with van der Waals surface area (Å²) < 4.78 is 0. The van der Waals surface area contributed by atoms with E-state index in [0.29, 0.717) is 23.0 Å². The number of phenolic OH excluding ortho intramolecular Hbond substituents is 1. The van der Waals surface area contributed by atoms with Gasteiger partial charge in [-0.05, 0) is 26.0 Å². The second-order valence-electron chi connectivity index (χ2n) is 3.27. The van der Waals surface area contributed by atoms with E-state index in [9.17, 15) is 5.11 Å². The van der Waals surface area contributed by atoms with Gasteiger partial charge in [0, 0.05) is 0 Å². The summed E-state index contributed by atoms with van der Waals surface area (Å²) in [5, 5.41) is 9.65.